The van der Waals surface area contributed by atoms with Crippen LogP contribution >= 0.6 is 0 Å². The van der Waals surface area contributed by atoms with E-state index in [9.17, 15) is 18.0 Å². The Hall–Kier alpha value is -2.31. The van der Waals surface area contributed by atoms with Crippen LogP contribution in [-0.2, 0) is 10.1 Å². The van der Waals surface area contributed by atoms with E-state index in [1.54, 1.807) is 12.1 Å². The van der Waals surface area contributed by atoms with Crippen molar-refractivity contribution in [1.29, 1.82) is 0 Å². The third-order valence-corrected chi connectivity index (χ3v) is 3.19. The van der Waals surface area contributed by atoms with Crippen LogP contribution in [0.1, 0.15) is 20.7 Å². The minimum absolute atomic E-state index is 0.0417. The van der Waals surface area contributed by atoms with E-state index in [1.807, 2.05) is 18.2 Å². The monoisotopic (exact) mass is 292 g/mol. The fraction of sp³-hybridized carbons (Fsp3) is 0. The summed E-state index contributed by atoms with van der Waals surface area (Å²) in [5.41, 5.74) is 0.688. The Bertz CT molecular complexity index is 678. The Balaban J connectivity index is 0.000000217. The van der Waals surface area contributed by atoms with Crippen molar-refractivity contribution in [3.8, 4) is 0 Å². The standard InChI is InChI=1S/C7H6O4S.C7H6O/c8-5-6-3-1-2-4-7(6)12(9,10)11;8-6-7-4-2-1-3-5-7/h1-5H,(H,9,10,11);1-6H. The van der Waals surface area contributed by atoms with Gasteiger partial charge in [-0.1, -0.05) is 48.5 Å². The summed E-state index contributed by atoms with van der Waals surface area (Å²) in [5, 5.41) is 0. The maximum absolute atomic E-state index is 10.6. The number of benzene rings is 2. The minimum Gasteiger partial charge on any atom is -0.298 e. The molecule has 104 valence electrons. The maximum atomic E-state index is 10.6. The highest BCUT2D eigenvalue weighted by atomic mass is 32.2. The van der Waals surface area contributed by atoms with Crippen LogP contribution in [-0.4, -0.2) is 25.5 Å². The van der Waals surface area contributed by atoms with E-state index in [2.05, 4.69) is 0 Å². The van der Waals surface area contributed by atoms with Gasteiger partial charge in [0.2, 0.25) is 0 Å². The van der Waals surface area contributed by atoms with E-state index < -0.39 is 10.1 Å². The summed E-state index contributed by atoms with van der Waals surface area (Å²) in [6.07, 6.45) is 1.21. The molecule has 1 N–H and O–H groups in total. The van der Waals surface area contributed by atoms with Gasteiger partial charge in [-0.05, 0) is 6.07 Å². The summed E-state index contributed by atoms with van der Waals surface area (Å²) in [5.74, 6) is 0. The van der Waals surface area contributed by atoms with Crippen molar-refractivity contribution < 1.29 is 22.6 Å². The van der Waals surface area contributed by atoms with Crippen LogP contribution in [0.4, 0.5) is 0 Å². The number of carbonyl (C=O) groups excluding carboxylic acids is 2. The maximum Gasteiger partial charge on any atom is 0.295 e. The van der Waals surface area contributed by atoms with E-state index in [0.717, 1.165) is 11.8 Å². The Kier molecular flexibility index (Phi) is 5.76. The van der Waals surface area contributed by atoms with E-state index >= 15 is 0 Å². The molecule has 5 nitrogen and oxygen atoms in total. The van der Waals surface area contributed by atoms with Gasteiger partial charge >= 0.3 is 0 Å². The SMILES string of the molecule is O=Cc1ccccc1.O=Cc1ccccc1S(=O)(=O)O. The van der Waals surface area contributed by atoms with Gasteiger partial charge < -0.3 is 0 Å². The minimum atomic E-state index is -4.28. The molecule has 0 atom stereocenters. The Morgan fingerprint density at radius 2 is 1.35 bits per heavy atom. The molecule has 6 heteroatoms. The van der Waals surface area contributed by atoms with Gasteiger partial charge in [-0.3, -0.25) is 14.1 Å². The molecule has 0 heterocycles. The second-order valence-electron chi connectivity index (χ2n) is 3.66. The van der Waals surface area contributed by atoms with Crippen LogP contribution < -0.4 is 0 Å². The zero-order valence-electron chi connectivity index (χ0n) is 10.3. The first-order valence-corrected chi connectivity index (χ1v) is 6.95. The van der Waals surface area contributed by atoms with E-state index in [1.165, 1.54) is 24.3 Å². The average Bonchev–Trinajstić information content (AvgIpc) is 2.48. The molecule has 20 heavy (non-hydrogen) atoms. The van der Waals surface area contributed by atoms with E-state index in [0.29, 0.717) is 6.29 Å². The molecular weight excluding hydrogens is 280 g/mol. The topological polar surface area (TPSA) is 88.5 Å². The van der Waals surface area contributed by atoms with Gasteiger partial charge in [0.1, 0.15) is 11.2 Å². The van der Waals surface area contributed by atoms with Crippen LogP contribution in [0, 0.1) is 0 Å². The summed E-state index contributed by atoms with van der Waals surface area (Å²) >= 11 is 0. The van der Waals surface area contributed by atoms with Crippen LogP contribution in [0.2, 0.25) is 0 Å². The molecule has 0 saturated heterocycles. The molecule has 2 rings (SSSR count). The van der Waals surface area contributed by atoms with Gasteiger partial charge in [0.25, 0.3) is 10.1 Å². The molecule has 0 fully saturated rings. The predicted octanol–water partition coefficient (Wildman–Crippen LogP) is 2.24. The molecule has 0 saturated carbocycles. The molecule has 0 aromatic heterocycles. The normalized spacial score (nSPS) is 10.1. The van der Waals surface area contributed by atoms with Gasteiger partial charge in [-0.2, -0.15) is 8.42 Å². The van der Waals surface area contributed by atoms with Crippen LogP contribution in [0.5, 0.6) is 0 Å². The lowest BCUT2D eigenvalue weighted by atomic mass is 10.2. The number of rotatable bonds is 3. The Morgan fingerprint density at radius 3 is 1.75 bits per heavy atom. The van der Waals surface area contributed by atoms with Gasteiger partial charge in [0.15, 0.2) is 6.29 Å². The number of aldehydes is 2. The van der Waals surface area contributed by atoms with Crippen molar-refractivity contribution in [3.63, 3.8) is 0 Å². The quantitative estimate of drug-likeness (QED) is 0.692. The summed E-state index contributed by atoms with van der Waals surface area (Å²) in [7, 11) is -4.28. The van der Waals surface area contributed by atoms with Crippen molar-refractivity contribution in [2.24, 2.45) is 0 Å². The zero-order valence-corrected chi connectivity index (χ0v) is 11.2. The third-order valence-electron chi connectivity index (χ3n) is 2.26. The molecular formula is C14H12O5S. The molecule has 0 unspecified atom stereocenters. The predicted molar refractivity (Wildman–Crippen MR) is 73.5 cm³/mol. The molecule has 0 bridgehead atoms. The van der Waals surface area contributed by atoms with Gasteiger partial charge in [0.05, 0.1) is 0 Å². The molecule has 0 spiro atoms. The lowest BCUT2D eigenvalue weighted by molar-refractivity contribution is 0.111. The summed E-state index contributed by atoms with van der Waals surface area (Å²) in [6.45, 7) is 0. The van der Waals surface area contributed by atoms with Crippen LogP contribution in [0.15, 0.2) is 59.5 Å². The average molecular weight is 292 g/mol. The molecule has 0 aliphatic carbocycles. The van der Waals surface area contributed by atoms with Crippen molar-refractivity contribution >= 4 is 22.7 Å². The van der Waals surface area contributed by atoms with E-state index in [-0.39, 0.29) is 10.5 Å². The molecule has 0 radical (unpaired) electrons. The first-order chi connectivity index (χ1) is 9.49. The molecule has 0 aliphatic rings. The van der Waals surface area contributed by atoms with Crippen molar-refractivity contribution in [1.82, 2.24) is 0 Å². The fourth-order valence-electron chi connectivity index (χ4n) is 1.34. The second-order valence-corrected chi connectivity index (χ2v) is 5.05. The van der Waals surface area contributed by atoms with Gasteiger partial charge in [-0.15, -0.1) is 0 Å². The number of carbonyl (C=O) groups is 2. The van der Waals surface area contributed by atoms with Crippen molar-refractivity contribution in [2.45, 2.75) is 4.90 Å². The highest BCUT2D eigenvalue weighted by Gasteiger charge is 2.13. The van der Waals surface area contributed by atoms with Crippen molar-refractivity contribution in [3.05, 3.63) is 65.7 Å². The number of hydrogen-bond donors (Lipinski definition) is 1. The second kappa shape index (κ2) is 7.32. The summed E-state index contributed by atoms with van der Waals surface area (Å²) in [6, 6.07) is 14.5. The zero-order chi connectivity index (χ0) is 15.0. The Morgan fingerprint density at radius 1 is 0.800 bits per heavy atom. The van der Waals surface area contributed by atoms with Gasteiger partial charge in [0, 0.05) is 11.1 Å². The summed E-state index contributed by atoms with van der Waals surface area (Å²) in [4.78, 5) is 19.9. The molecule has 0 aliphatic heterocycles. The Labute approximate surface area is 116 Å². The highest BCUT2D eigenvalue weighted by Crippen LogP contribution is 2.12. The third kappa shape index (κ3) is 4.75. The summed E-state index contributed by atoms with van der Waals surface area (Å²) < 4.78 is 29.8. The van der Waals surface area contributed by atoms with Crippen LogP contribution in [0.25, 0.3) is 0 Å². The highest BCUT2D eigenvalue weighted by molar-refractivity contribution is 7.86. The molecule has 2 aromatic rings. The largest absolute Gasteiger partial charge is 0.298 e. The first kappa shape index (κ1) is 15.7. The molecule has 2 aromatic carbocycles. The van der Waals surface area contributed by atoms with Crippen LogP contribution in [0.3, 0.4) is 0 Å². The van der Waals surface area contributed by atoms with Crippen molar-refractivity contribution in [2.75, 3.05) is 0 Å². The van der Waals surface area contributed by atoms with Gasteiger partial charge in [-0.25, -0.2) is 0 Å². The smallest absolute Gasteiger partial charge is 0.295 e. The van der Waals surface area contributed by atoms with E-state index in [4.69, 9.17) is 4.55 Å². The fourth-order valence-corrected chi connectivity index (χ4v) is 2.01. The lowest BCUT2D eigenvalue weighted by Gasteiger charge is -1.98. The number of hydrogen-bond acceptors (Lipinski definition) is 4. The molecule has 0 amide bonds. The lowest BCUT2D eigenvalue weighted by Crippen LogP contribution is -2.01. The first-order valence-electron chi connectivity index (χ1n) is 5.51.